The highest BCUT2D eigenvalue weighted by Crippen LogP contribution is 2.22. The number of unbranched alkanes of at least 4 members (excludes halogenated alkanes) is 10. The number of hydrogen-bond donors (Lipinski definition) is 4. The van der Waals surface area contributed by atoms with Gasteiger partial charge >= 0.3 is 0 Å². The molecule has 4 N–H and O–H groups in total. The maximum atomic E-state index is 9.86. The van der Waals surface area contributed by atoms with E-state index in [0.717, 1.165) is 12.8 Å². The van der Waals surface area contributed by atoms with Gasteiger partial charge < -0.3 is 29.9 Å². The zero-order valence-corrected chi connectivity index (χ0v) is 15.7. The maximum Gasteiger partial charge on any atom is 0.186 e. The first-order chi connectivity index (χ1) is 12.1. The van der Waals surface area contributed by atoms with E-state index in [1.807, 2.05) is 0 Å². The van der Waals surface area contributed by atoms with Crippen molar-refractivity contribution in [3.05, 3.63) is 0 Å². The van der Waals surface area contributed by atoms with Crippen LogP contribution < -0.4 is 0 Å². The molecule has 1 heterocycles. The summed E-state index contributed by atoms with van der Waals surface area (Å²) in [6.45, 7) is 2.24. The fourth-order valence-corrected chi connectivity index (χ4v) is 3.17. The quantitative estimate of drug-likeness (QED) is 0.353. The van der Waals surface area contributed by atoms with Gasteiger partial charge in [0.15, 0.2) is 6.29 Å². The molecule has 0 aromatic carbocycles. The van der Waals surface area contributed by atoms with E-state index >= 15 is 0 Å². The van der Waals surface area contributed by atoms with Crippen LogP contribution in [0.4, 0.5) is 0 Å². The molecule has 0 aliphatic carbocycles. The van der Waals surface area contributed by atoms with E-state index in [-0.39, 0.29) is 0 Å². The molecular formula is C19H38O6. The number of rotatable bonds is 14. The minimum Gasteiger partial charge on any atom is -0.394 e. The number of aliphatic hydroxyl groups is 4. The molecule has 1 saturated heterocycles. The number of ether oxygens (including phenoxy) is 2. The molecule has 0 aromatic rings. The Labute approximate surface area is 152 Å². The van der Waals surface area contributed by atoms with Gasteiger partial charge in [-0.3, -0.25) is 0 Å². The van der Waals surface area contributed by atoms with Gasteiger partial charge in [0.25, 0.3) is 0 Å². The summed E-state index contributed by atoms with van der Waals surface area (Å²) in [6, 6.07) is 0. The second kappa shape index (κ2) is 13.9. The van der Waals surface area contributed by atoms with Crippen LogP contribution in [0.2, 0.25) is 0 Å². The molecule has 0 saturated carbocycles. The van der Waals surface area contributed by atoms with Crippen LogP contribution in [0, 0.1) is 0 Å². The molecule has 0 bridgehead atoms. The van der Waals surface area contributed by atoms with Crippen molar-refractivity contribution in [3.8, 4) is 0 Å². The van der Waals surface area contributed by atoms with Crippen LogP contribution in [-0.2, 0) is 9.47 Å². The van der Waals surface area contributed by atoms with Gasteiger partial charge in [0.2, 0.25) is 0 Å². The van der Waals surface area contributed by atoms with Crippen molar-refractivity contribution in [2.75, 3.05) is 13.2 Å². The second-order valence-electron chi connectivity index (χ2n) is 7.10. The average Bonchev–Trinajstić information content (AvgIpc) is 2.62. The summed E-state index contributed by atoms with van der Waals surface area (Å²) in [5.74, 6) is 0. The molecule has 0 radical (unpaired) electrons. The van der Waals surface area contributed by atoms with Gasteiger partial charge in [0, 0.05) is 6.61 Å². The molecule has 1 aliphatic heterocycles. The summed E-state index contributed by atoms with van der Waals surface area (Å²) in [5.41, 5.74) is 0. The van der Waals surface area contributed by atoms with Crippen molar-refractivity contribution in [1.29, 1.82) is 0 Å². The smallest absolute Gasteiger partial charge is 0.186 e. The van der Waals surface area contributed by atoms with Crippen molar-refractivity contribution in [2.45, 2.75) is 108 Å². The Morgan fingerprint density at radius 2 is 1.24 bits per heavy atom. The second-order valence-corrected chi connectivity index (χ2v) is 7.10. The first-order valence-corrected chi connectivity index (χ1v) is 10.0. The predicted molar refractivity (Wildman–Crippen MR) is 96.2 cm³/mol. The zero-order chi connectivity index (χ0) is 18.5. The molecule has 0 unspecified atom stereocenters. The molecule has 0 aromatic heterocycles. The van der Waals surface area contributed by atoms with E-state index in [0.29, 0.717) is 6.61 Å². The minimum atomic E-state index is -1.37. The van der Waals surface area contributed by atoms with Gasteiger partial charge in [-0.25, -0.2) is 0 Å². The topological polar surface area (TPSA) is 99.4 Å². The van der Waals surface area contributed by atoms with Crippen molar-refractivity contribution in [2.24, 2.45) is 0 Å². The standard InChI is InChI=1S/C19H38O6/c1-2-3-4-5-6-7-8-9-10-11-12-13-24-19-18(23)17(22)16(21)15(14-20)25-19/h15-23H,2-14H2,1H3/t15-,16+,17+,18-,19-/m1/s1. The predicted octanol–water partition coefficient (Wildman–Crippen LogP) is 2.11. The molecule has 6 nitrogen and oxygen atoms in total. The first-order valence-electron chi connectivity index (χ1n) is 10.0. The third kappa shape index (κ3) is 8.80. The summed E-state index contributed by atoms with van der Waals surface area (Å²) in [5, 5.41) is 38.4. The Morgan fingerprint density at radius 3 is 1.76 bits per heavy atom. The fourth-order valence-electron chi connectivity index (χ4n) is 3.17. The van der Waals surface area contributed by atoms with Gasteiger partial charge in [-0.2, -0.15) is 0 Å². The molecule has 5 atom stereocenters. The minimum absolute atomic E-state index is 0.427. The average molecular weight is 363 g/mol. The highest BCUT2D eigenvalue weighted by atomic mass is 16.7. The Bertz CT molecular complexity index is 312. The maximum absolute atomic E-state index is 9.86. The van der Waals surface area contributed by atoms with Crippen LogP contribution in [0.25, 0.3) is 0 Å². The number of hydrogen-bond acceptors (Lipinski definition) is 6. The molecule has 0 amide bonds. The fraction of sp³-hybridized carbons (Fsp3) is 1.00. The summed E-state index contributed by atoms with van der Waals surface area (Å²) in [6.07, 6.45) is 7.79. The molecule has 25 heavy (non-hydrogen) atoms. The molecule has 0 spiro atoms. The monoisotopic (exact) mass is 362 g/mol. The summed E-state index contributed by atoms with van der Waals surface area (Å²) in [4.78, 5) is 0. The van der Waals surface area contributed by atoms with E-state index in [1.54, 1.807) is 0 Å². The van der Waals surface area contributed by atoms with Gasteiger partial charge in [0.05, 0.1) is 6.61 Å². The van der Waals surface area contributed by atoms with E-state index in [9.17, 15) is 15.3 Å². The van der Waals surface area contributed by atoms with Gasteiger partial charge in [0.1, 0.15) is 24.4 Å². The molecule has 1 aliphatic rings. The van der Waals surface area contributed by atoms with Gasteiger partial charge in [-0.15, -0.1) is 0 Å². The van der Waals surface area contributed by atoms with Crippen LogP contribution in [0.3, 0.4) is 0 Å². The van der Waals surface area contributed by atoms with Gasteiger partial charge in [-0.05, 0) is 6.42 Å². The lowest BCUT2D eigenvalue weighted by Crippen LogP contribution is -2.59. The number of aliphatic hydroxyl groups excluding tert-OH is 4. The Balaban J connectivity index is 1.99. The van der Waals surface area contributed by atoms with Gasteiger partial charge in [-0.1, -0.05) is 71.1 Å². The highest BCUT2D eigenvalue weighted by Gasteiger charge is 2.43. The SMILES string of the molecule is CCCCCCCCCCCCCO[C@@H]1O[C@H](CO)[C@H](O)[C@H](O)[C@H]1O. The third-order valence-electron chi connectivity index (χ3n) is 4.88. The summed E-state index contributed by atoms with van der Waals surface area (Å²) >= 11 is 0. The zero-order valence-electron chi connectivity index (χ0n) is 15.7. The summed E-state index contributed by atoms with van der Waals surface area (Å²) in [7, 11) is 0. The van der Waals surface area contributed by atoms with E-state index < -0.39 is 37.3 Å². The molecule has 6 heteroatoms. The molecule has 150 valence electrons. The van der Waals surface area contributed by atoms with Crippen molar-refractivity contribution >= 4 is 0 Å². The third-order valence-corrected chi connectivity index (χ3v) is 4.88. The largest absolute Gasteiger partial charge is 0.394 e. The lowest BCUT2D eigenvalue weighted by Gasteiger charge is -2.39. The van der Waals surface area contributed by atoms with Crippen LogP contribution in [0.5, 0.6) is 0 Å². The van der Waals surface area contributed by atoms with Crippen molar-refractivity contribution in [1.82, 2.24) is 0 Å². The lowest BCUT2D eigenvalue weighted by molar-refractivity contribution is -0.301. The Kier molecular flexibility index (Phi) is 12.7. The van der Waals surface area contributed by atoms with Crippen LogP contribution in [0.15, 0.2) is 0 Å². The Hall–Kier alpha value is -0.240. The lowest BCUT2D eigenvalue weighted by atomic mass is 9.99. The molecular weight excluding hydrogens is 324 g/mol. The van der Waals surface area contributed by atoms with Crippen molar-refractivity contribution < 1.29 is 29.9 Å². The van der Waals surface area contributed by atoms with Crippen LogP contribution in [0.1, 0.15) is 77.6 Å². The van der Waals surface area contributed by atoms with Crippen LogP contribution >= 0.6 is 0 Å². The molecule has 1 fully saturated rings. The van der Waals surface area contributed by atoms with E-state index in [4.69, 9.17) is 14.6 Å². The first kappa shape index (κ1) is 22.8. The van der Waals surface area contributed by atoms with Crippen LogP contribution in [-0.4, -0.2) is 64.3 Å². The van der Waals surface area contributed by atoms with E-state index in [1.165, 1.54) is 57.8 Å². The summed E-state index contributed by atoms with van der Waals surface area (Å²) < 4.78 is 10.8. The van der Waals surface area contributed by atoms with Crippen molar-refractivity contribution in [3.63, 3.8) is 0 Å². The molecule has 1 rings (SSSR count). The normalized spacial score (nSPS) is 29.9. The highest BCUT2D eigenvalue weighted by molar-refractivity contribution is 4.88. The van der Waals surface area contributed by atoms with E-state index in [2.05, 4.69) is 6.92 Å². The Morgan fingerprint density at radius 1 is 0.720 bits per heavy atom.